The molecule has 2 N–H and O–H groups in total. The first-order valence-corrected chi connectivity index (χ1v) is 8.28. The molecule has 3 aromatic rings. The number of fused-ring (bicyclic) bond motifs is 1. The number of carbonyl (C=O) groups is 1. The number of nitrogens with zero attached hydrogens (tertiary/aromatic N) is 4. The van der Waals surface area contributed by atoms with Crippen LogP contribution in [-0.4, -0.2) is 30.6 Å². The third-order valence-electron chi connectivity index (χ3n) is 4.80. The van der Waals surface area contributed by atoms with E-state index in [0.29, 0.717) is 18.9 Å². The van der Waals surface area contributed by atoms with Crippen molar-refractivity contribution in [1.82, 2.24) is 30.0 Å². The standard InChI is InChI=1S/C17H20N6O/c1-23-14(21-22-17(23)11-4-2-5-11)10-19-15(24)8-12-9-20-16-13(12)6-3-7-18-16/h3,6-7,9,11H,2,4-5,8,10H2,1H3,(H,18,20)(H,19,24). The van der Waals surface area contributed by atoms with E-state index in [-0.39, 0.29) is 5.91 Å². The van der Waals surface area contributed by atoms with E-state index in [4.69, 9.17) is 0 Å². The number of hydrogen-bond donors (Lipinski definition) is 2. The molecule has 124 valence electrons. The summed E-state index contributed by atoms with van der Waals surface area (Å²) >= 11 is 0. The number of rotatable bonds is 5. The number of amides is 1. The second kappa shape index (κ2) is 6.07. The first-order valence-electron chi connectivity index (χ1n) is 8.28. The Morgan fingerprint density at radius 1 is 1.42 bits per heavy atom. The van der Waals surface area contributed by atoms with Gasteiger partial charge >= 0.3 is 0 Å². The highest BCUT2D eigenvalue weighted by molar-refractivity contribution is 5.86. The van der Waals surface area contributed by atoms with Gasteiger partial charge in [-0.15, -0.1) is 10.2 Å². The van der Waals surface area contributed by atoms with E-state index in [1.54, 1.807) is 6.20 Å². The third-order valence-corrected chi connectivity index (χ3v) is 4.80. The van der Waals surface area contributed by atoms with Crippen molar-refractivity contribution in [2.45, 2.75) is 38.1 Å². The second-order valence-electron chi connectivity index (χ2n) is 6.33. The van der Waals surface area contributed by atoms with Crippen molar-refractivity contribution in [2.75, 3.05) is 0 Å². The van der Waals surface area contributed by atoms with Gasteiger partial charge < -0.3 is 14.9 Å². The molecule has 0 spiro atoms. The minimum atomic E-state index is -0.0343. The number of aromatic nitrogens is 5. The molecule has 4 rings (SSSR count). The average Bonchev–Trinajstić information content (AvgIpc) is 3.10. The Morgan fingerprint density at radius 3 is 3.08 bits per heavy atom. The molecule has 0 atom stereocenters. The van der Waals surface area contributed by atoms with Crippen LogP contribution in [0.1, 0.15) is 42.4 Å². The molecule has 0 unspecified atom stereocenters. The highest BCUT2D eigenvalue weighted by Gasteiger charge is 2.25. The van der Waals surface area contributed by atoms with Crippen LogP contribution < -0.4 is 5.32 Å². The normalized spacial score (nSPS) is 14.7. The minimum absolute atomic E-state index is 0.0343. The molecule has 0 saturated heterocycles. The molecular weight excluding hydrogens is 304 g/mol. The molecule has 1 saturated carbocycles. The summed E-state index contributed by atoms with van der Waals surface area (Å²) in [6.45, 7) is 0.398. The Labute approximate surface area is 139 Å². The van der Waals surface area contributed by atoms with Crippen molar-refractivity contribution in [1.29, 1.82) is 0 Å². The molecule has 3 heterocycles. The summed E-state index contributed by atoms with van der Waals surface area (Å²) < 4.78 is 2.01. The number of nitrogens with one attached hydrogen (secondary N) is 2. The van der Waals surface area contributed by atoms with Gasteiger partial charge in [0.25, 0.3) is 0 Å². The fourth-order valence-corrected chi connectivity index (χ4v) is 3.12. The summed E-state index contributed by atoms with van der Waals surface area (Å²) in [4.78, 5) is 19.6. The average molecular weight is 324 g/mol. The molecular formula is C17H20N6O. The topological polar surface area (TPSA) is 88.5 Å². The van der Waals surface area contributed by atoms with Crippen LogP contribution in [0.5, 0.6) is 0 Å². The third kappa shape index (κ3) is 2.66. The molecule has 7 nitrogen and oxygen atoms in total. The van der Waals surface area contributed by atoms with Crippen LogP contribution in [0.4, 0.5) is 0 Å². The molecule has 24 heavy (non-hydrogen) atoms. The molecule has 0 radical (unpaired) electrons. The van der Waals surface area contributed by atoms with Crippen molar-refractivity contribution in [3.8, 4) is 0 Å². The minimum Gasteiger partial charge on any atom is -0.349 e. The van der Waals surface area contributed by atoms with Gasteiger partial charge in [0.15, 0.2) is 5.82 Å². The molecule has 1 aliphatic carbocycles. The monoisotopic (exact) mass is 324 g/mol. The Balaban J connectivity index is 1.39. The summed E-state index contributed by atoms with van der Waals surface area (Å²) in [6.07, 6.45) is 7.53. The summed E-state index contributed by atoms with van der Waals surface area (Å²) in [5.74, 6) is 2.33. The SMILES string of the molecule is Cn1c(CNC(=O)Cc2c[nH]c3ncccc23)nnc1C1CCC1. The van der Waals surface area contributed by atoms with Crippen LogP contribution in [-0.2, 0) is 24.8 Å². The molecule has 7 heteroatoms. The fourth-order valence-electron chi connectivity index (χ4n) is 3.12. The molecule has 3 aromatic heterocycles. The zero-order valence-electron chi connectivity index (χ0n) is 13.6. The van der Waals surface area contributed by atoms with Crippen molar-refractivity contribution < 1.29 is 4.79 Å². The highest BCUT2D eigenvalue weighted by Crippen LogP contribution is 2.35. The Morgan fingerprint density at radius 2 is 2.29 bits per heavy atom. The van der Waals surface area contributed by atoms with Crippen LogP contribution in [0.3, 0.4) is 0 Å². The van der Waals surface area contributed by atoms with Crippen molar-refractivity contribution in [3.63, 3.8) is 0 Å². The zero-order chi connectivity index (χ0) is 16.5. The molecule has 1 amide bonds. The van der Waals surface area contributed by atoms with Gasteiger partial charge in [-0.3, -0.25) is 4.79 Å². The molecule has 0 aromatic carbocycles. The van der Waals surface area contributed by atoms with E-state index < -0.39 is 0 Å². The highest BCUT2D eigenvalue weighted by atomic mass is 16.1. The lowest BCUT2D eigenvalue weighted by atomic mass is 9.85. The van der Waals surface area contributed by atoms with Crippen molar-refractivity contribution in [3.05, 3.63) is 41.7 Å². The quantitative estimate of drug-likeness (QED) is 0.749. The van der Waals surface area contributed by atoms with Gasteiger partial charge in [-0.2, -0.15) is 0 Å². The number of carbonyl (C=O) groups excluding carboxylic acids is 1. The maximum atomic E-state index is 12.2. The van der Waals surface area contributed by atoms with E-state index in [9.17, 15) is 4.79 Å². The van der Waals surface area contributed by atoms with Gasteiger partial charge in [0.05, 0.1) is 13.0 Å². The summed E-state index contributed by atoms with van der Waals surface area (Å²) in [7, 11) is 1.97. The lowest BCUT2D eigenvalue weighted by Gasteiger charge is -2.24. The maximum absolute atomic E-state index is 12.2. The number of aromatic amines is 1. The zero-order valence-corrected chi connectivity index (χ0v) is 13.6. The van der Waals surface area contributed by atoms with Crippen molar-refractivity contribution >= 4 is 16.9 Å². The van der Waals surface area contributed by atoms with E-state index in [0.717, 1.165) is 28.2 Å². The lowest BCUT2D eigenvalue weighted by Crippen LogP contribution is -2.26. The molecule has 0 aliphatic heterocycles. The summed E-state index contributed by atoms with van der Waals surface area (Å²) in [5.41, 5.74) is 1.75. The van der Waals surface area contributed by atoms with Crippen molar-refractivity contribution in [2.24, 2.45) is 7.05 Å². The van der Waals surface area contributed by atoms with Crippen LogP contribution in [0.15, 0.2) is 24.5 Å². The molecule has 1 aliphatic rings. The maximum Gasteiger partial charge on any atom is 0.224 e. The molecule has 1 fully saturated rings. The fraction of sp³-hybridized carbons (Fsp3) is 0.412. The van der Waals surface area contributed by atoms with Gasteiger partial charge in [0.2, 0.25) is 5.91 Å². The smallest absolute Gasteiger partial charge is 0.224 e. The van der Waals surface area contributed by atoms with E-state index in [1.165, 1.54) is 19.3 Å². The van der Waals surface area contributed by atoms with Gasteiger partial charge in [0, 0.05) is 30.7 Å². The number of H-pyrrole nitrogens is 1. The van der Waals surface area contributed by atoms with E-state index >= 15 is 0 Å². The van der Waals surface area contributed by atoms with Gasteiger partial charge in [-0.25, -0.2) is 4.98 Å². The predicted octanol–water partition coefficient (Wildman–Crippen LogP) is 1.82. The van der Waals surface area contributed by atoms with Crippen LogP contribution in [0, 0.1) is 0 Å². The summed E-state index contributed by atoms with van der Waals surface area (Å²) in [6, 6.07) is 3.84. The first-order chi connectivity index (χ1) is 11.7. The van der Waals surface area contributed by atoms with Crippen LogP contribution >= 0.6 is 0 Å². The summed E-state index contributed by atoms with van der Waals surface area (Å²) in [5, 5.41) is 12.4. The van der Waals surface area contributed by atoms with Crippen LogP contribution in [0.2, 0.25) is 0 Å². The predicted molar refractivity (Wildman–Crippen MR) is 89.2 cm³/mol. The van der Waals surface area contributed by atoms with Gasteiger partial charge in [-0.05, 0) is 30.5 Å². The Kier molecular flexibility index (Phi) is 3.76. The van der Waals surface area contributed by atoms with Gasteiger partial charge in [-0.1, -0.05) is 6.42 Å². The van der Waals surface area contributed by atoms with Crippen LogP contribution in [0.25, 0.3) is 11.0 Å². The van der Waals surface area contributed by atoms with E-state index in [1.807, 2.05) is 29.9 Å². The Bertz CT molecular complexity index is 876. The van der Waals surface area contributed by atoms with E-state index in [2.05, 4.69) is 25.5 Å². The van der Waals surface area contributed by atoms with Gasteiger partial charge in [0.1, 0.15) is 11.5 Å². The number of pyridine rings is 1. The first kappa shape index (κ1) is 14.9. The second-order valence-corrected chi connectivity index (χ2v) is 6.33. The molecule has 0 bridgehead atoms. The lowest BCUT2D eigenvalue weighted by molar-refractivity contribution is -0.120. The largest absolute Gasteiger partial charge is 0.349 e. The Hall–Kier alpha value is -2.70. The number of hydrogen-bond acceptors (Lipinski definition) is 4.